The van der Waals surface area contributed by atoms with E-state index in [1.54, 1.807) is 24.8 Å². The van der Waals surface area contributed by atoms with Gasteiger partial charge in [-0.25, -0.2) is 9.97 Å². The van der Waals surface area contributed by atoms with E-state index in [-0.39, 0.29) is 5.75 Å². The molecule has 1 aliphatic heterocycles. The van der Waals surface area contributed by atoms with E-state index in [1.807, 2.05) is 22.9 Å². The third-order valence-electron chi connectivity index (χ3n) is 5.40. The molecule has 2 N–H and O–H groups in total. The van der Waals surface area contributed by atoms with Crippen molar-refractivity contribution in [1.29, 1.82) is 0 Å². The van der Waals surface area contributed by atoms with Gasteiger partial charge in [-0.05, 0) is 48.5 Å². The van der Waals surface area contributed by atoms with Gasteiger partial charge in [0.05, 0.1) is 18.2 Å². The van der Waals surface area contributed by atoms with Crippen LogP contribution in [0.4, 0.5) is 0 Å². The molecule has 2 fully saturated rings. The Kier molecular flexibility index (Phi) is 3.36. The summed E-state index contributed by atoms with van der Waals surface area (Å²) in [4.78, 5) is 8.45. The number of nitrogens with one attached hydrogen (secondary N) is 1. The number of piperidine rings is 1. The average molecular weight is 346 g/mol. The number of phenolic OH excluding ortho intramolecular Hbond substituents is 1. The molecule has 0 bridgehead atoms. The predicted octanol–water partition coefficient (Wildman–Crippen LogP) is 1.91. The zero-order chi connectivity index (χ0) is 17.7. The first-order valence-corrected chi connectivity index (χ1v) is 8.63. The van der Waals surface area contributed by atoms with Crippen molar-refractivity contribution < 1.29 is 5.11 Å². The summed E-state index contributed by atoms with van der Waals surface area (Å²) in [5, 5.41) is 22.3. The summed E-state index contributed by atoms with van der Waals surface area (Å²) in [6.45, 7) is 6.28. The molecule has 0 spiro atoms. The molecule has 130 valence electrons. The van der Waals surface area contributed by atoms with Gasteiger partial charge in [-0.1, -0.05) is 6.58 Å². The Hall–Kier alpha value is -3.06. The summed E-state index contributed by atoms with van der Waals surface area (Å²) < 4.78 is 1.82. The fraction of sp³-hybridized carbons (Fsp3) is 0.263. The van der Waals surface area contributed by atoms with Crippen molar-refractivity contribution in [3.8, 4) is 22.7 Å². The van der Waals surface area contributed by atoms with Gasteiger partial charge in [0.25, 0.3) is 0 Å². The Balaban J connectivity index is 1.38. The molecule has 26 heavy (non-hydrogen) atoms. The van der Waals surface area contributed by atoms with Crippen LogP contribution < -0.4 is 5.32 Å². The van der Waals surface area contributed by atoms with Gasteiger partial charge in [0.1, 0.15) is 11.4 Å². The predicted molar refractivity (Wildman–Crippen MR) is 96.4 cm³/mol. The number of allylic oxidation sites excluding steroid dienone is 1. The molecule has 1 aliphatic carbocycles. The van der Waals surface area contributed by atoms with Crippen LogP contribution in [0.1, 0.15) is 5.82 Å². The van der Waals surface area contributed by atoms with E-state index < -0.39 is 0 Å². The van der Waals surface area contributed by atoms with Crippen LogP contribution in [0.5, 0.6) is 5.75 Å². The molecular formula is C19H18N6O. The molecule has 7 nitrogen and oxygen atoms in total. The van der Waals surface area contributed by atoms with Gasteiger partial charge in [-0.3, -0.25) is 0 Å². The van der Waals surface area contributed by atoms with Crippen molar-refractivity contribution >= 4 is 5.57 Å². The van der Waals surface area contributed by atoms with E-state index in [2.05, 4.69) is 32.1 Å². The van der Waals surface area contributed by atoms with Crippen molar-refractivity contribution in [2.45, 2.75) is 0 Å². The summed E-state index contributed by atoms with van der Waals surface area (Å²) >= 11 is 0. The molecule has 1 unspecified atom stereocenters. The lowest BCUT2D eigenvalue weighted by Gasteiger charge is -2.09. The lowest BCUT2D eigenvalue weighted by atomic mass is 10.1. The fourth-order valence-corrected chi connectivity index (χ4v) is 3.94. The molecule has 5 rings (SSSR count). The average Bonchev–Trinajstić information content (AvgIpc) is 3.07. The number of aromatic nitrogens is 5. The SMILES string of the molecule is C=C(c1ncc(-c2ccc(-n3ccnc3)cc2O)nn1)C1[C@H]2CNC[C@@H]12. The second-order valence-corrected chi connectivity index (χ2v) is 6.88. The van der Waals surface area contributed by atoms with Crippen LogP contribution in [0, 0.1) is 17.8 Å². The zero-order valence-electron chi connectivity index (χ0n) is 14.1. The van der Waals surface area contributed by atoms with Crippen molar-refractivity contribution in [2.75, 3.05) is 13.1 Å². The first-order chi connectivity index (χ1) is 12.7. The topological polar surface area (TPSA) is 88.8 Å². The Labute approximate surface area is 150 Å². The molecule has 0 amide bonds. The number of hydrogen-bond donors (Lipinski definition) is 2. The fourth-order valence-electron chi connectivity index (χ4n) is 3.94. The summed E-state index contributed by atoms with van der Waals surface area (Å²) in [5.74, 6) is 2.55. The van der Waals surface area contributed by atoms with Crippen LogP contribution in [-0.2, 0) is 0 Å². The highest BCUT2D eigenvalue weighted by Gasteiger charge is 2.54. The summed E-state index contributed by atoms with van der Waals surface area (Å²) in [6, 6.07) is 5.37. The van der Waals surface area contributed by atoms with E-state index >= 15 is 0 Å². The number of benzene rings is 1. The Morgan fingerprint density at radius 1 is 1.23 bits per heavy atom. The largest absolute Gasteiger partial charge is 0.507 e. The minimum absolute atomic E-state index is 0.127. The molecule has 3 aromatic rings. The quantitative estimate of drug-likeness (QED) is 0.750. The van der Waals surface area contributed by atoms with E-state index in [0.29, 0.717) is 34.8 Å². The Bertz CT molecular complexity index is 956. The lowest BCUT2D eigenvalue weighted by molar-refractivity contribution is 0.476. The highest BCUT2D eigenvalue weighted by molar-refractivity contribution is 5.69. The Morgan fingerprint density at radius 3 is 2.73 bits per heavy atom. The molecular weight excluding hydrogens is 328 g/mol. The highest BCUT2D eigenvalue weighted by atomic mass is 16.3. The van der Waals surface area contributed by atoms with Crippen LogP contribution in [0.15, 0.2) is 49.7 Å². The number of hydrogen-bond acceptors (Lipinski definition) is 6. The van der Waals surface area contributed by atoms with E-state index in [9.17, 15) is 5.11 Å². The molecule has 0 radical (unpaired) electrons. The van der Waals surface area contributed by atoms with Crippen molar-refractivity contribution in [3.05, 3.63) is 55.5 Å². The maximum absolute atomic E-state index is 10.4. The van der Waals surface area contributed by atoms with Crippen LogP contribution in [-0.4, -0.2) is 42.9 Å². The Morgan fingerprint density at radius 2 is 2.08 bits per heavy atom. The third-order valence-corrected chi connectivity index (χ3v) is 5.40. The minimum atomic E-state index is 0.127. The van der Waals surface area contributed by atoms with E-state index in [4.69, 9.17) is 0 Å². The summed E-state index contributed by atoms with van der Waals surface area (Å²) in [7, 11) is 0. The molecule has 2 aliphatic rings. The second kappa shape index (κ2) is 5.74. The van der Waals surface area contributed by atoms with Crippen LogP contribution in [0.25, 0.3) is 22.5 Å². The number of phenols is 1. The van der Waals surface area contributed by atoms with Crippen LogP contribution >= 0.6 is 0 Å². The van der Waals surface area contributed by atoms with Gasteiger partial charge < -0.3 is 15.0 Å². The maximum Gasteiger partial charge on any atom is 0.177 e. The summed E-state index contributed by atoms with van der Waals surface area (Å²) in [5.41, 5.74) is 2.93. The van der Waals surface area contributed by atoms with Gasteiger partial charge in [-0.2, -0.15) is 0 Å². The molecule has 1 saturated carbocycles. The number of rotatable bonds is 4. The third kappa shape index (κ3) is 2.40. The van der Waals surface area contributed by atoms with Gasteiger partial charge in [0.15, 0.2) is 5.82 Å². The molecule has 1 saturated heterocycles. The number of fused-ring (bicyclic) bond motifs is 1. The van der Waals surface area contributed by atoms with Crippen molar-refractivity contribution in [3.63, 3.8) is 0 Å². The number of imidazole rings is 1. The molecule has 1 aromatic carbocycles. The normalized spacial score (nSPS) is 23.6. The number of nitrogens with zero attached hydrogens (tertiary/aromatic N) is 5. The van der Waals surface area contributed by atoms with Gasteiger partial charge in [-0.15, -0.1) is 10.2 Å². The molecule has 3 heterocycles. The van der Waals surface area contributed by atoms with Gasteiger partial charge in [0.2, 0.25) is 0 Å². The first-order valence-electron chi connectivity index (χ1n) is 8.63. The zero-order valence-corrected chi connectivity index (χ0v) is 14.1. The van der Waals surface area contributed by atoms with Crippen molar-refractivity contribution in [2.24, 2.45) is 17.8 Å². The lowest BCUT2D eigenvalue weighted by Crippen LogP contribution is -2.15. The van der Waals surface area contributed by atoms with Crippen molar-refractivity contribution in [1.82, 2.24) is 30.0 Å². The van der Waals surface area contributed by atoms with Gasteiger partial charge in [0, 0.05) is 24.0 Å². The smallest absolute Gasteiger partial charge is 0.177 e. The standard InChI is InChI=1S/C19H18N6O/c1-11(18-14-7-21-8-15(14)18)19-22-9-16(23-24-19)13-3-2-12(6-17(13)26)25-5-4-20-10-25/h2-6,9-10,14-15,18,21,26H,1,7-8H2/t14-,15+,18?. The van der Waals surface area contributed by atoms with Crippen LogP contribution in [0.2, 0.25) is 0 Å². The van der Waals surface area contributed by atoms with E-state index in [0.717, 1.165) is 24.4 Å². The number of aromatic hydroxyl groups is 1. The molecule has 7 heteroatoms. The van der Waals surface area contributed by atoms with Crippen LogP contribution in [0.3, 0.4) is 0 Å². The minimum Gasteiger partial charge on any atom is -0.507 e. The highest BCUT2D eigenvalue weighted by Crippen LogP contribution is 2.54. The maximum atomic E-state index is 10.4. The first kappa shape index (κ1) is 15.2. The monoisotopic (exact) mass is 346 g/mol. The summed E-state index contributed by atoms with van der Waals surface area (Å²) in [6.07, 6.45) is 6.84. The second-order valence-electron chi connectivity index (χ2n) is 6.88. The molecule has 2 aromatic heterocycles. The van der Waals surface area contributed by atoms with E-state index in [1.165, 1.54) is 0 Å². The van der Waals surface area contributed by atoms with Gasteiger partial charge >= 0.3 is 0 Å². The molecule has 3 atom stereocenters.